The summed E-state index contributed by atoms with van der Waals surface area (Å²) in [4.78, 5) is 46.8. The van der Waals surface area contributed by atoms with Gasteiger partial charge < -0.3 is 24.4 Å². The lowest BCUT2D eigenvalue weighted by molar-refractivity contribution is -0.150. The van der Waals surface area contributed by atoms with Gasteiger partial charge in [-0.2, -0.15) is 0 Å². The van der Waals surface area contributed by atoms with E-state index in [9.17, 15) is 19.2 Å². The number of carbonyl (C=O) groups is 4. The summed E-state index contributed by atoms with van der Waals surface area (Å²) in [5, 5.41) is 2.96. The number of esters is 2. The molecule has 0 spiro atoms. The molecular weight excluding hydrogens is 404 g/mol. The summed E-state index contributed by atoms with van der Waals surface area (Å²) in [6, 6.07) is 0. The number of hydrogen-bond acceptors (Lipinski definition) is 8. The van der Waals surface area contributed by atoms with E-state index in [0.29, 0.717) is 32.6 Å². The summed E-state index contributed by atoms with van der Waals surface area (Å²) in [6.07, 6.45) is 1.65. The predicted octanol–water partition coefficient (Wildman–Crippen LogP) is 1.57. The van der Waals surface area contributed by atoms with Crippen molar-refractivity contribution in [1.29, 1.82) is 0 Å². The van der Waals surface area contributed by atoms with Crippen LogP contribution in [0, 0.1) is 11.8 Å². The van der Waals surface area contributed by atoms with Gasteiger partial charge in [0.25, 0.3) is 0 Å². The summed E-state index contributed by atoms with van der Waals surface area (Å²) in [5.41, 5.74) is -0.505. The highest BCUT2D eigenvalue weighted by Crippen LogP contribution is 2.20. The highest BCUT2D eigenvalue weighted by Gasteiger charge is 2.31. The van der Waals surface area contributed by atoms with Crippen molar-refractivity contribution in [2.24, 2.45) is 11.8 Å². The van der Waals surface area contributed by atoms with Crippen LogP contribution >= 0.6 is 12.4 Å². The van der Waals surface area contributed by atoms with Gasteiger partial charge in [-0.15, -0.1) is 12.4 Å². The molecule has 0 saturated carbocycles. The van der Waals surface area contributed by atoms with Crippen molar-refractivity contribution in [3.63, 3.8) is 0 Å². The molecule has 0 aromatic heterocycles. The Morgan fingerprint density at radius 2 is 1.72 bits per heavy atom. The van der Waals surface area contributed by atoms with Crippen molar-refractivity contribution in [3.8, 4) is 0 Å². The van der Waals surface area contributed by atoms with E-state index in [4.69, 9.17) is 9.47 Å². The number of ketones is 1. The van der Waals surface area contributed by atoms with E-state index < -0.39 is 17.5 Å². The van der Waals surface area contributed by atoms with Crippen molar-refractivity contribution in [2.45, 2.75) is 45.6 Å². The number of carbonyl (C=O) groups excluding carboxylic acids is 4. The zero-order valence-corrected chi connectivity index (χ0v) is 18.6. The molecule has 2 fully saturated rings. The number of Topliss-reactive ketones (excluding diaryl/α,β-unsaturated/α-hetero) is 1. The quantitative estimate of drug-likeness (QED) is 0.394. The molecule has 9 nitrogen and oxygen atoms in total. The van der Waals surface area contributed by atoms with Crippen LogP contribution in [0.1, 0.15) is 40.0 Å². The molecule has 0 radical (unpaired) electrons. The highest BCUT2D eigenvalue weighted by molar-refractivity contribution is 5.99. The molecule has 29 heavy (non-hydrogen) atoms. The Kier molecular flexibility index (Phi) is 11.8. The summed E-state index contributed by atoms with van der Waals surface area (Å²) in [6.45, 7) is 7.60. The fraction of sp³-hybridized carbons (Fsp3) is 0.789. The van der Waals surface area contributed by atoms with Crippen LogP contribution in [-0.2, 0) is 28.6 Å². The number of likely N-dealkylation sites (tertiary alicyclic amines) is 1. The van der Waals surface area contributed by atoms with Crippen LogP contribution in [-0.4, -0.2) is 74.7 Å². The molecule has 2 aliphatic rings. The molecule has 2 saturated heterocycles. The molecule has 1 N–H and O–H groups in total. The fourth-order valence-electron chi connectivity index (χ4n) is 2.93. The third-order valence-electron chi connectivity index (χ3n) is 4.38. The Hall–Kier alpha value is -1.87. The van der Waals surface area contributed by atoms with Gasteiger partial charge in [-0.3, -0.25) is 14.4 Å². The first-order valence-electron chi connectivity index (χ1n) is 9.46. The van der Waals surface area contributed by atoms with Gasteiger partial charge in [-0.1, -0.05) is 0 Å². The Morgan fingerprint density at radius 1 is 1.10 bits per heavy atom. The molecule has 10 heteroatoms. The molecule has 2 atom stereocenters. The van der Waals surface area contributed by atoms with Crippen molar-refractivity contribution in [1.82, 2.24) is 10.2 Å². The minimum absolute atomic E-state index is 0. The minimum Gasteiger partial charge on any atom is -0.469 e. The standard InChI is InChI=1S/C12H21NO4.C7H11NO3.ClH/c1-12(2,3)17-11(15)13-7-5-6-9(8-13)10(14)16-4;1-11-7(10)5-4-8-3-2-6(5)9;/h9H,5-8H2,1-4H3;5,8H,2-4H2,1H3;1H. The SMILES string of the molecule is COC(=O)C1CCCN(C(=O)OC(C)(C)C)C1.COC(=O)C1CNCCC1=O.Cl. The van der Waals surface area contributed by atoms with Gasteiger partial charge in [0.1, 0.15) is 17.3 Å². The van der Waals surface area contributed by atoms with Crippen LogP contribution in [0.5, 0.6) is 0 Å². The van der Waals surface area contributed by atoms with Gasteiger partial charge >= 0.3 is 18.0 Å². The van der Waals surface area contributed by atoms with Gasteiger partial charge in [-0.05, 0) is 33.6 Å². The first-order chi connectivity index (χ1) is 13.1. The number of piperidine rings is 2. The van der Waals surface area contributed by atoms with E-state index in [0.717, 1.165) is 12.8 Å². The van der Waals surface area contributed by atoms with Crippen LogP contribution < -0.4 is 5.32 Å². The largest absolute Gasteiger partial charge is 0.469 e. The minimum atomic E-state index is -0.575. The molecule has 2 heterocycles. The van der Waals surface area contributed by atoms with Crippen LogP contribution in [0.3, 0.4) is 0 Å². The average Bonchev–Trinajstić information content (AvgIpc) is 2.66. The number of halogens is 1. The number of nitrogens with one attached hydrogen (secondary N) is 1. The number of nitrogens with zero attached hydrogens (tertiary/aromatic N) is 1. The van der Waals surface area contributed by atoms with E-state index in [1.165, 1.54) is 14.2 Å². The lowest BCUT2D eigenvalue weighted by Gasteiger charge is -2.32. The second-order valence-electron chi connectivity index (χ2n) is 7.78. The van der Waals surface area contributed by atoms with Crippen LogP contribution in [0.15, 0.2) is 0 Å². The number of ether oxygens (including phenoxy) is 3. The third-order valence-corrected chi connectivity index (χ3v) is 4.38. The van der Waals surface area contributed by atoms with E-state index in [-0.39, 0.29) is 36.2 Å². The smallest absolute Gasteiger partial charge is 0.410 e. The summed E-state index contributed by atoms with van der Waals surface area (Å²) in [5.74, 6) is -1.49. The fourth-order valence-corrected chi connectivity index (χ4v) is 2.93. The molecule has 2 unspecified atom stereocenters. The first kappa shape index (κ1) is 27.1. The summed E-state index contributed by atoms with van der Waals surface area (Å²) in [7, 11) is 2.67. The third kappa shape index (κ3) is 9.45. The van der Waals surface area contributed by atoms with Gasteiger partial charge in [0.2, 0.25) is 0 Å². The van der Waals surface area contributed by atoms with Gasteiger partial charge in [0.05, 0.1) is 20.1 Å². The molecule has 168 valence electrons. The Labute approximate surface area is 178 Å². The second kappa shape index (κ2) is 12.6. The Bertz CT molecular complexity index is 569. The maximum absolute atomic E-state index is 11.8. The molecule has 2 rings (SSSR count). The van der Waals surface area contributed by atoms with Crippen LogP contribution in [0.25, 0.3) is 0 Å². The lowest BCUT2D eigenvalue weighted by atomic mass is 9.98. The van der Waals surface area contributed by atoms with Crippen LogP contribution in [0.4, 0.5) is 4.79 Å². The maximum atomic E-state index is 11.8. The normalized spacial score (nSPS) is 21.7. The van der Waals surface area contributed by atoms with Gasteiger partial charge in [-0.25, -0.2) is 4.79 Å². The van der Waals surface area contributed by atoms with Crippen molar-refractivity contribution in [2.75, 3.05) is 40.4 Å². The second-order valence-corrected chi connectivity index (χ2v) is 7.78. The predicted molar refractivity (Wildman–Crippen MR) is 108 cm³/mol. The summed E-state index contributed by atoms with van der Waals surface area (Å²) < 4.78 is 14.4. The molecule has 1 amide bonds. The number of methoxy groups -OCH3 is 2. The average molecular weight is 437 g/mol. The Balaban J connectivity index is 0.000000568. The summed E-state index contributed by atoms with van der Waals surface area (Å²) >= 11 is 0. The lowest BCUT2D eigenvalue weighted by Crippen LogP contribution is -2.44. The number of amides is 1. The van der Waals surface area contributed by atoms with Crippen molar-refractivity contribution < 1.29 is 33.4 Å². The molecule has 0 aromatic rings. The van der Waals surface area contributed by atoms with Gasteiger partial charge in [0.15, 0.2) is 0 Å². The van der Waals surface area contributed by atoms with Crippen molar-refractivity contribution >= 4 is 36.2 Å². The van der Waals surface area contributed by atoms with E-state index in [2.05, 4.69) is 10.1 Å². The number of rotatable bonds is 2. The molecular formula is C19H33ClN2O7. The maximum Gasteiger partial charge on any atom is 0.410 e. The highest BCUT2D eigenvalue weighted by atomic mass is 35.5. The Morgan fingerprint density at radius 3 is 2.24 bits per heavy atom. The topological polar surface area (TPSA) is 111 Å². The van der Waals surface area contributed by atoms with E-state index in [1.54, 1.807) is 4.90 Å². The molecule has 0 aromatic carbocycles. The van der Waals surface area contributed by atoms with Crippen LogP contribution in [0.2, 0.25) is 0 Å². The van der Waals surface area contributed by atoms with Gasteiger partial charge in [0, 0.05) is 32.6 Å². The van der Waals surface area contributed by atoms with Crippen molar-refractivity contribution in [3.05, 3.63) is 0 Å². The monoisotopic (exact) mass is 436 g/mol. The van der Waals surface area contributed by atoms with E-state index in [1.807, 2.05) is 20.8 Å². The molecule has 2 aliphatic heterocycles. The first-order valence-corrected chi connectivity index (χ1v) is 9.46. The zero-order chi connectivity index (χ0) is 21.3. The zero-order valence-electron chi connectivity index (χ0n) is 17.8. The molecule has 0 aliphatic carbocycles. The number of hydrogen-bond donors (Lipinski definition) is 1. The van der Waals surface area contributed by atoms with E-state index >= 15 is 0 Å². The molecule has 0 bridgehead atoms.